The van der Waals surface area contributed by atoms with Gasteiger partial charge in [0.1, 0.15) is 0 Å². The van der Waals surface area contributed by atoms with Gasteiger partial charge < -0.3 is 9.47 Å². The first-order valence-corrected chi connectivity index (χ1v) is 4.87. The molecule has 0 aliphatic rings. The average molecular weight is 219 g/mol. The molecule has 0 radical (unpaired) electrons. The van der Waals surface area contributed by atoms with E-state index in [1.165, 1.54) is 6.07 Å². The lowest BCUT2D eigenvalue weighted by molar-refractivity contribution is 0.0196. The first-order chi connectivity index (χ1) is 6.79. The molecule has 0 N–H and O–H groups in total. The van der Waals surface area contributed by atoms with Gasteiger partial charge >= 0.3 is 0 Å². The van der Waals surface area contributed by atoms with E-state index < -0.39 is 5.82 Å². The Hall–Kier alpha value is -0.800. The van der Waals surface area contributed by atoms with Crippen molar-refractivity contribution >= 4 is 11.6 Å². The largest absolute Gasteiger partial charge is 0.464 e. The Bertz CT molecular complexity index is 291. The van der Waals surface area contributed by atoms with Crippen LogP contribution in [0.5, 0.6) is 5.75 Å². The van der Waals surface area contributed by atoms with E-state index >= 15 is 0 Å². The fourth-order valence-corrected chi connectivity index (χ4v) is 1.21. The molecule has 0 aliphatic heterocycles. The highest BCUT2D eigenvalue weighted by atomic mass is 35.5. The van der Waals surface area contributed by atoms with Crippen LogP contribution in [0.4, 0.5) is 4.39 Å². The number of halogens is 2. The molecule has 0 heterocycles. The lowest BCUT2D eigenvalue weighted by Crippen LogP contribution is -2.05. The molecule has 1 aromatic carbocycles. The van der Waals surface area contributed by atoms with Crippen LogP contribution in [0.2, 0.25) is 0 Å². The van der Waals surface area contributed by atoms with Gasteiger partial charge in [-0.05, 0) is 13.0 Å². The molecule has 14 heavy (non-hydrogen) atoms. The Morgan fingerprint density at radius 1 is 1.43 bits per heavy atom. The van der Waals surface area contributed by atoms with Crippen LogP contribution in [0.1, 0.15) is 12.5 Å². The topological polar surface area (TPSA) is 18.5 Å². The van der Waals surface area contributed by atoms with Crippen molar-refractivity contribution < 1.29 is 13.9 Å². The van der Waals surface area contributed by atoms with E-state index in [1.54, 1.807) is 12.1 Å². The summed E-state index contributed by atoms with van der Waals surface area (Å²) in [5, 5.41) is 0. The molecule has 0 aromatic heterocycles. The predicted molar refractivity (Wildman–Crippen MR) is 53.1 cm³/mol. The minimum absolute atomic E-state index is 0.0430. The molecule has 2 nitrogen and oxygen atoms in total. The zero-order valence-electron chi connectivity index (χ0n) is 7.93. The number of benzene rings is 1. The van der Waals surface area contributed by atoms with Crippen molar-refractivity contribution in [1.29, 1.82) is 0 Å². The molecule has 0 amide bonds. The summed E-state index contributed by atoms with van der Waals surface area (Å²) >= 11 is 5.63. The molecule has 0 bridgehead atoms. The summed E-state index contributed by atoms with van der Waals surface area (Å²) in [5.74, 6) is -0.0158. The number of hydrogen-bond acceptors (Lipinski definition) is 2. The quantitative estimate of drug-likeness (QED) is 0.430. The first-order valence-electron chi connectivity index (χ1n) is 4.33. The van der Waals surface area contributed by atoms with E-state index in [-0.39, 0.29) is 18.4 Å². The van der Waals surface area contributed by atoms with Crippen molar-refractivity contribution in [3.05, 3.63) is 29.6 Å². The molecule has 0 fully saturated rings. The van der Waals surface area contributed by atoms with E-state index in [0.29, 0.717) is 12.2 Å². The van der Waals surface area contributed by atoms with Gasteiger partial charge in [0, 0.05) is 12.2 Å². The molecular weight excluding hydrogens is 207 g/mol. The molecule has 78 valence electrons. The van der Waals surface area contributed by atoms with Crippen molar-refractivity contribution in [2.45, 2.75) is 12.8 Å². The van der Waals surface area contributed by atoms with Gasteiger partial charge in [0.2, 0.25) is 0 Å². The molecular formula is C10H12ClFO2. The van der Waals surface area contributed by atoms with Crippen LogP contribution < -0.4 is 4.74 Å². The van der Waals surface area contributed by atoms with Crippen molar-refractivity contribution in [2.24, 2.45) is 0 Å². The summed E-state index contributed by atoms with van der Waals surface area (Å²) in [4.78, 5) is 0. The maximum atomic E-state index is 13.2. The standard InChI is InChI=1S/C10H12ClFO2/c1-2-13-7-14-10-8(6-11)4-3-5-9(10)12/h3-5H,2,6-7H2,1H3. The average Bonchev–Trinajstić information content (AvgIpc) is 2.20. The summed E-state index contributed by atoms with van der Waals surface area (Å²) in [6, 6.07) is 4.65. The zero-order valence-corrected chi connectivity index (χ0v) is 8.68. The van der Waals surface area contributed by atoms with Gasteiger partial charge in [-0.2, -0.15) is 0 Å². The van der Waals surface area contributed by atoms with Crippen molar-refractivity contribution in [2.75, 3.05) is 13.4 Å². The summed E-state index contributed by atoms with van der Waals surface area (Å²) < 4.78 is 23.3. The van der Waals surface area contributed by atoms with Gasteiger partial charge in [-0.3, -0.25) is 0 Å². The fraction of sp³-hybridized carbons (Fsp3) is 0.400. The molecule has 0 atom stereocenters. The molecule has 0 saturated heterocycles. The van der Waals surface area contributed by atoms with E-state index in [1.807, 2.05) is 6.92 Å². The Kier molecular flexibility index (Phi) is 4.70. The van der Waals surface area contributed by atoms with Gasteiger partial charge in [0.05, 0.1) is 5.88 Å². The number of ether oxygens (including phenoxy) is 2. The lowest BCUT2D eigenvalue weighted by Gasteiger charge is -2.10. The molecule has 1 aromatic rings. The number of alkyl halides is 1. The normalized spacial score (nSPS) is 10.2. The number of hydrogen-bond donors (Lipinski definition) is 0. The van der Waals surface area contributed by atoms with Crippen molar-refractivity contribution in [3.63, 3.8) is 0 Å². The third-order valence-electron chi connectivity index (χ3n) is 1.68. The first kappa shape index (κ1) is 11.3. The second-order valence-corrected chi connectivity index (χ2v) is 2.88. The van der Waals surface area contributed by atoms with Crippen LogP contribution in [0, 0.1) is 5.82 Å². The molecule has 0 spiro atoms. The predicted octanol–water partition coefficient (Wildman–Crippen LogP) is 2.94. The van der Waals surface area contributed by atoms with E-state index in [0.717, 1.165) is 0 Å². The van der Waals surface area contributed by atoms with Crippen molar-refractivity contribution in [3.8, 4) is 5.75 Å². The molecule has 0 aliphatic carbocycles. The van der Waals surface area contributed by atoms with Crippen LogP contribution in [0.25, 0.3) is 0 Å². The third kappa shape index (κ3) is 2.86. The van der Waals surface area contributed by atoms with Crippen molar-refractivity contribution in [1.82, 2.24) is 0 Å². The lowest BCUT2D eigenvalue weighted by atomic mass is 10.2. The second kappa shape index (κ2) is 5.83. The number of para-hydroxylation sites is 1. The monoisotopic (exact) mass is 218 g/mol. The van der Waals surface area contributed by atoms with Gasteiger partial charge in [-0.15, -0.1) is 11.6 Å². The van der Waals surface area contributed by atoms with Crippen LogP contribution >= 0.6 is 11.6 Å². The maximum Gasteiger partial charge on any atom is 0.189 e. The molecule has 0 saturated carbocycles. The minimum Gasteiger partial charge on any atom is -0.464 e. The Morgan fingerprint density at radius 2 is 2.21 bits per heavy atom. The fourth-order valence-electron chi connectivity index (χ4n) is 1.00. The highest BCUT2D eigenvalue weighted by Crippen LogP contribution is 2.23. The third-order valence-corrected chi connectivity index (χ3v) is 1.97. The van der Waals surface area contributed by atoms with E-state index in [9.17, 15) is 4.39 Å². The minimum atomic E-state index is -0.414. The maximum absolute atomic E-state index is 13.2. The summed E-state index contributed by atoms with van der Waals surface area (Å²) in [6.07, 6.45) is 0. The van der Waals surface area contributed by atoms with Gasteiger partial charge in [-0.25, -0.2) is 4.39 Å². The Balaban J connectivity index is 2.72. The van der Waals surface area contributed by atoms with Gasteiger partial charge in [0.15, 0.2) is 18.4 Å². The summed E-state index contributed by atoms with van der Waals surface area (Å²) in [6.45, 7) is 2.42. The SMILES string of the molecule is CCOCOc1c(F)cccc1CCl. The van der Waals surface area contributed by atoms with Crippen LogP contribution in [0.15, 0.2) is 18.2 Å². The van der Waals surface area contributed by atoms with Gasteiger partial charge in [0.25, 0.3) is 0 Å². The molecule has 1 rings (SSSR count). The summed E-state index contributed by atoms with van der Waals surface area (Å²) in [7, 11) is 0. The zero-order chi connectivity index (χ0) is 10.4. The van der Waals surface area contributed by atoms with Crippen LogP contribution in [-0.4, -0.2) is 13.4 Å². The van der Waals surface area contributed by atoms with E-state index in [4.69, 9.17) is 21.1 Å². The smallest absolute Gasteiger partial charge is 0.189 e. The molecule has 0 unspecified atom stereocenters. The van der Waals surface area contributed by atoms with Crippen LogP contribution in [0.3, 0.4) is 0 Å². The molecule has 4 heteroatoms. The highest BCUT2D eigenvalue weighted by molar-refractivity contribution is 6.17. The Labute approximate surface area is 87.6 Å². The highest BCUT2D eigenvalue weighted by Gasteiger charge is 2.08. The van der Waals surface area contributed by atoms with Gasteiger partial charge in [-0.1, -0.05) is 12.1 Å². The second-order valence-electron chi connectivity index (χ2n) is 2.62. The number of rotatable bonds is 5. The van der Waals surface area contributed by atoms with E-state index in [2.05, 4.69) is 0 Å². The summed E-state index contributed by atoms with van der Waals surface area (Å²) in [5.41, 5.74) is 0.631. The van der Waals surface area contributed by atoms with Crippen LogP contribution in [-0.2, 0) is 10.6 Å². The Morgan fingerprint density at radius 3 is 2.86 bits per heavy atom.